The summed E-state index contributed by atoms with van der Waals surface area (Å²) in [5, 5.41) is 4.04. The van der Waals surface area contributed by atoms with Crippen LogP contribution in [0.15, 0.2) is 79.3 Å². The lowest BCUT2D eigenvalue weighted by atomic mass is 9.78. The van der Waals surface area contributed by atoms with Crippen molar-refractivity contribution in [3.05, 3.63) is 107 Å². The number of aromatic nitrogens is 2. The van der Waals surface area contributed by atoms with Crippen molar-refractivity contribution in [2.24, 2.45) is 0 Å². The van der Waals surface area contributed by atoms with Crippen LogP contribution in [0.25, 0.3) is 5.69 Å². The first kappa shape index (κ1) is 20.2. The lowest BCUT2D eigenvalue weighted by Crippen LogP contribution is -2.18. The summed E-state index contributed by atoms with van der Waals surface area (Å²) >= 11 is 6.04. The van der Waals surface area contributed by atoms with Crippen molar-refractivity contribution in [3.63, 3.8) is 0 Å². The van der Waals surface area contributed by atoms with Crippen LogP contribution in [0.5, 0.6) is 0 Å². The topological polar surface area (TPSA) is 29.9 Å². The Labute approximate surface area is 181 Å². The molecule has 0 aliphatic rings. The van der Waals surface area contributed by atoms with Gasteiger partial charge in [0.15, 0.2) is 0 Å². The Morgan fingerprint density at radius 1 is 0.933 bits per heavy atom. The number of nitrogens with zero attached hydrogens (tertiary/aromatic N) is 2. The molecular formula is C25H23ClFN3. The normalized spacial score (nSPS) is 11.5. The molecule has 0 saturated heterocycles. The lowest BCUT2D eigenvalue weighted by Gasteiger charge is -2.27. The largest absolute Gasteiger partial charge is 0.355 e. The van der Waals surface area contributed by atoms with Crippen LogP contribution in [0.2, 0.25) is 5.02 Å². The molecule has 0 spiro atoms. The molecule has 3 aromatic carbocycles. The Morgan fingerprint density at radius 3 is 2.33 bits per heavy atom. The van der Waals surface area contributed by atoms with Gasteiger partial charge in [0.2, 0.25) is 0 Å². The highest BCUT2D eigenvalue weighted by molar-refractivity contribution is 6.30. The summed E-state index contributed by atoms with van der Waals surface area (Å²) in [6.07, 6.45) is 3.41. The number of imidazole rings is 1. The molecule has 1 N–H and O–H groups in total. The van der Waals surface area contributed by atoms with Gasteiger partial charge in [0.05, 0.1) is 17.7 Å². The highest BCUT2D eigenvalue weighted by Crippen LogP contribution is 2.34. The number of anilines is 2. The molecule has 0 amide bonds. The number of halogens is 2. The fourth-order valence-electron chi connectivity index (χ4n) is 3.53. The van der Waals surface area contributed by atoms with E-state index in [1.165, 1.54) is 11.6 Å². The maximum absolute atomic E-state index is 14.7. The molecule has 0 unspecified atom stereocenters. The van der Waals surface area contributed by atoms with Gasteiger partial charge in [0, 0.05) is 28.0 Å². The van der Waals surface area contributed by atoms with Crippen molar-refractivity contribution in [3.8, 4) is 5.69 Å². The molecule has 0 radical (unpaired) electrons. The molecule has 0 saturated carbocycles. The minimum atomic E-state index is -0.310. The number of hydrogen-bond acceptors (Lipinski definition) is 2. The second-order valence-corrected chi connectivity index (χ2v) is 8.36. The average molecular weight is 420 g/mol. The Hall–Kier alpha value is -3.11. The zero-order chi connectivity index (χ0) is 21.3. The van der Waals surface area contributed by atoms with Crippen LogP contribution in [-0.4, -0.2) is 9.55 Å². The summed E-state index contributed by atoms with van der Waals surface area (Å²) in [5.41, 5.74) is 5.04. The van der Waals surface area contributed by atoms with Gasteiger partial charge in [-0.15, -0.1) is 0 Å². The van der Waals surface area contributed by atoms with Crippen LogP contribution in [0.3, 0.4) is 0 Å². The van der Waals surface area contributed by atoms with Crippen molar-refractivity contribution in [2.75, 3.05) is 5.32 Å². The van der Waals surface area contributed by atoms with Gasteiger partial charge in [-0.3, -0.25) is 0 Å². The minimum Gasteiger partial charge on any atom is -0.355 e. The van der Waals surface area contributed by atoms with E-state index in [9.17, 15) is 4.39 Å². The molecule has 3 nitrogen and oxygen atoms in total. The summed E-state index contributed by atoms with van der Waals surface area (Å²) in [5.74, 6) is -0.310. The second kappa shape index (κ2) is 7.96. The molecule has 4 aromatic rings. The molecule has 0 aliphatic heterocycles. The number of rotatable bonds is 5. The molecule has 0 bridgehead atoms. The molecule has 0 aliphatic carbocycles. The van der Waals surface area contributed by atoms with Gasteiger partial charge in [0.1, 0.15) is 5.82 Å². The van der Waals surface area contributed by atoms with Gasteiger partial charge < -0.3 is 9.88 Å². The summed E-state index contributed by atoms with van der Waals surface area (Å²) in [4.78, 5) is 4.16. The molecule has 152 valence electrons. The van der Waals surface area contributed by atoms with Crippen LogP contribution in [0.4, 0.5) is 15.8 Å². The van der Waals surface area contributed by atoms with E-state index in [1.807, 2.05) is 49.4 Å². The first-order chi connectivity index (χ1) is 14.3. The quantitative estimate of drug-likeness (QED) is 0.376. The summed E-state index contributed by atoms with van der Waals surface area (Å²) < 4.78 is 16.4. The van der Waals surface area contributed by atoms with E-state index < -0.39 is 0 Å². The van der Waals surface area contributed by atoms with E-state index in [-0.39, 0.29) is 11.2 Å². The zero-order valence-corrected chi connectivity index (χ0v) is 17.9. The lowest BCUT2D eigenvalue weighted by molar-refractivity contribution is 0.618. The number of benzene rings is 3. The van der Waals surface area contributed by atoms with E-state index in [1.54, 1.807) is 23.2 Å². The predicted octanol–water partition coefficient (Wildman–Crippen LogP) is 7.04. The van der Waals surface area contributed by atoms with E-state index in [4.69, 9.17) is 11.6 Å². The highest BCUT2D eigenvalue weighted by atomic mass is 35.5. The first-order valence-corrected chi connectivity index (χ1v) is 10.1. The molecule has 1 heterocycles. The SMILES string of the molecule is Cc1cn(-c2ccc(Nc3cccc(C(C)(C)c4ccc(Cl)cc4)c3)cc2F)cn1. The summed E-state index contributed by atoms with van der Waals surface area (Å²) in [7, 11) is 0. The smallest absolute Gasteiger partial charge is 0.149 e. The maximum Gasteiger partial charge on any atom is 0.149 e. The van der Waals surface area contributed by atoms with Crippen molar-refractivity contribution in [1.82, 2.24) is 9.55 Å². The van der Waals surface area contributed by atoms with E-state index in [0.717, 1.165) is 22.0 Å². The molecule has 0 atom stereocenters. The van der Waals surface area contributed by atoms with Gasteiger partial charge in [-0.25, -0.2) is 9.37 Å². The highest BCUT2D eigenvalue weighted by Gasteiger charge is 2.23. The van der Waals surface area contributed by atoms with Crippen molar-refractivity contribution >= 4 is 23.0 Å². The molecule has 4 rings (SSSR count). The van der Waals surface area contributed by atoms with Gasteiger partial charge in [-0.2, -0.15) is 0 Å². The van der Waals surface area contributed by atoms with E-state index >= 15 is 0 Å². The predicted molar refractivity (Wildman–Crippen MR) is 122 cm³/mol. The fourth-order valence-corrected chi connectivity index (χ4v) is 3.66. The third-order valence-corrected chi connectivity index (χ3v) is 5.63. The van der Waals surface area contributed by atoms with Crippen molar-refractivity contribution in [1.29, 1.82) is 0 Å². The Bertz CT molecular complexity index is 1180. The first-order valence-electron chi connectivity index (χ1n) is 9.77. The molecule has 5 heteroatoms. The average Bonchev–Trinajstić information content (AvgIpc) is 3.14. The Morgan fingerprint density at radius 2 is 1.67 bits per heavy atom. The standard InChI is InChI=1S/C25H23ClFN3/c1-17-15-30(16-28-17)24-12-11-22(14-23(24)27)29-21-6-4-5-19(13-21)25(2,3)18-7-9-20(26)10-8-18/h4-16,29H,1-3H3. The van der Waals surface area contributed by atoms with Gasteiger partial charge >= 0.3 is 0 Å². The summed E-state index contributed by atoms with van der Waals surface area (Å²) in [6.45, 7) is 6.23. The number of hydrogen-bond donors (Lipinski definition) is 1. The van der Waals surface area contributed by atoms with E-state index in [2.05, 4.69) is 36.3 Å². The van der Waals surface area contributed by atoms with Gasteiger partial charge in [0.25, 0.3) is 0 Å². The van der Waals surface area contributed by atoms with Gasteiger partial charge in [-0.1, -0.05) is 49.7 Å². The van der Waals surface area contributed by atoms with Crippen LogP contribution in [0, 0.1) is 12.7 Å². The zero-order valence-electron chi connectivity index (χ0n) is 17.2. The van der Waals surface area contributed by atoms with Crippen LogP contribution >= 0.6 is 11.6 Å². The fraction of sp³-hybridized carbons (Fsp3) is 0.160. The maximum atomic E-state index is 14.7. The third-order valence-electron chi connectivity index (χ3n) is 5.38. The minimum absolute atomic E-state index is 0.198. The van der Waals surface area contributed by atoms with Crippen LogP contribution in [0.1, 0.15) is 30.7 Å². The third kappa shape index (κ3) is 4.10. The Kier molecular flexibility index (Phi) is 5.35. The second-order valence-electron chi connectivity index (χ2n) is 7.93. The van der Waals surface area contributed by atoms with Crippen molar-refractivity contribution in [2.45, 2.75) is 26.2 Å². The molecule has 1 aromatic heterocycles. The molecule has 30 heavy (non-hydrogen) atoms. The number of nitrogens with one attached hydrogen (secondary N) is 1. The van der Waals surface area contributed by atoms with Crippen LogP contribution in [-0.2, 0) is 5.41 Å². The molecular weight excluding hydrogens is 397 g/mol. The summed E-state index contributed by atoms with van der Waals surface area (Å²) in [6, 6.07) is 21.2. The van der Waals surface area contributed by atoms with Crippen molar-refractivity contribution < 1.29 is 4.39 Å². The number of aryl methyl sites for hydroxylation is 1. The Balaban J connectivity index is 1.59. The van der Waals surface area contributed by atoms with E-state index in [0.29, 0.717) is 11.4 Å². The monoisotopic (exact) mass is 419 g/mol. The van der Waals surface area contributed by atoms with Gasteiger partial charge in [-0.05, 0) is 60.5 Å². The van der Waals surface area contributed by atoms with Crippen LogP contribution < -0.4 is 5.32 Å². The molecule has 0 fully saturated rings.